The van der Waals surface area contributed by atoms with E-state index in [0.717, 1.165) is 23.2 Å². The lowest BCUT2D eigenvalue weighted by Crippen LogP contribution is -2.34. The molecule has 2 nitrogen and oxygen atoms in total. The van der Waals surface area contributed by atoms with Crippen LogP contribution in [0.4, 0.5) is 0 Å². The zero-order valence-corrected chi connectivity index (χ0v) is 14.0. The third-order valence-electron chi connectivity index (χ3n) is 4.50. The third-order valence-corrected chi connectivity index (χ3v) is 4.50. The van der Waals surface area contributed by atoms with E-state index in [1.807, 2.05) is 66.7 Å². The fraction of sp³-hybridized carbons (Fsp3) is 0.227. The minimum atomic E-state index is -0.994. The molecule has 1 heterocycles. The Morgan fingerprint density at radius 2 is 1.50 bits per heavy atom. The predicted molar refractivity (Wildman–Crippen MR) is 97.8 cm³/mol. The highest BCUT2D eigenvalue weighted by atomic mass is 16.3. The molecule has 1 aromatic heterocycles. The number of benzene rings is 2. The highest BCUT2D eigenvalue weighted by molar-refractivity contribution is 5.37. The van der Waals surface area contributed by atoms with E-state index in [4.69, 9.17) is 0 Å². The van der Waals surface area contributed by atoms with E-state index in [1.54, 1.807) is 6.20 Å². The number of aromatic nitrogens is 1. The van der Waals surface area contributed by atoms with Gasteiger partial charge in [0.1, 0.15) is 5.60 Å². The number of nitrogens with zero attached hydrogens (tertiary/aromatic N) is 1. The molecule has 2 heteroatoms. The second-order valence-corrected chi connectivity index (χ2v) is 6.14. The van der Waals surface area contributed by atoms with Gasteiger partial charge in [-0.1, -0.05) is 80.1 Å². The van der Waals surface area contributed by atoms with Crippen molar-refractivity contribution in [1.29, 1.82) is 0 Å². The molecular formula is C22H23NO. The lowest BCUT2D eigenvalue weighted by molar-refractivity contribution is 0.00841. The standard InChI is InChI=1S/C22H23NO/c1-2-16-22(24,19-13-7-4-8-14-19)21(18-11-5-3-6-12-18)20-15-9-10-17-23-20/h3-15,17,21,24H,2,16H2,1H3/t21-,22+/m0/s1. The molecule has 0 unspecified atom stereocenters. The van der Waals surface area contributed by atoms with Crippen LogP contribution in [0.3, 0.4) is 0 Å². The monoisotopic (exact) mass is 317 g/mol. The van der Waals surface area contributed by atoms with Gasteiger partial charge in [0.2, 0.25) is 0 Å². The number of rotatable bonds is 6. The molecule has 0 radical (unpaired) electrons. The summed E-state index contributed by atoms with van der Waals surface area (Å²) in [6.45, 7) is 2.11. The molecule has 0 aliphatic rings. The minimum Gasteiger partial charge on any atom is -0.384 e. The maximum absolute atomic E-state index is 11.8. The molecule has 24 heavy (non-hydrogen) atoms. The molecule has 3 aromatic rings. The summed E-state index contributed by atoms with van der Waals surface area (Å²) in [4.78, 5) is 4.57. The maximum Gasteiger partial charge on any atom is 0.102 e. The molecule has 0 saturated heterocycles. The average Bonchev–Trinajstić information content (AvgIpc) is 2.65. The molecule has 0 amide bonds. The zero-order chi connectivity index (χ0) is 16.8. The van der Waals surface area contributed by atoms with Crippen LogP contribution in [-0.4, -0.2) is 10.1 Å². The number of aliphatic hydroxyl groups is 1. The molecule has 0 fully saturated rings. The van der Waals surface area contributed by atoms with E-state index in [-0.39, 0.29) is 5.92 Å². The van der Waals surface area contributed by atoms with Gasteiger partial charge in [-0.25, -0.2) is 0 Å². The highest BCUT2D eigenvalue weighted by Crippen LogP contribution is 2.44. The summed E-state index contributed by atoms with van der Waals surface area (Å²) in [5.41, 5.74) is 1.91. The number of hydrogen-bond donors (Lipinski definition) is 1. The van der Waals surface area contributed by atoms with Gasteiger partial charge in [-0.3, -0.25) is 4.98 Å². The Balaban J connectivity index is 2.19. The molecule has 0 bridgehead atoms. The first-order chi connectivity index (χ1) is 11.8. The van der Waals surface area contributed by atoms with Crippen molar-refractivity contribution in [3.63, 3.8) is 0 Å². The largest absolute Gasteiger partial charge is 0.384 e. The molecule has 1 N–H and O–H groups in total. The van der Waals surface area contributed by atoms with Crippen molar-refractivity contribution in [3.8, 4) is 0 Å². The fourth-order valence-corrected chi connectivity index (χ4v) is 3.45. The third kappa shape index (κ3) is 3.24. The summed E-state index contributed by atoms with van der Waals surface area (Å²) in [5, 5.41) is 11.8. The van der Waals surface area contributed by atoms with Gasteiger partial charge in [0.15, 0.2) is 0 Å². The van der Waals surface area contributed by atoms with Gasteiger partial charge < -0.3 is 5.11 Å². The number of pyridine rings is 1. The molecule has 2 atom stereocenters. The van der Waals surface area contributed by atoms with Gasteiger partial charge in [-0.2, -0.15) is 0 Å². The van der Waals surface area contributed by atoms with Crippen molar-refractivity contribution in [3.05, 3.63) is 102 Å². The van der Waals surface area contributed by atoms with Gasteiger partial charge in [-0.05, 0) is 29.7 Å². The Bertz CT molecular complexity index is 703. The summed E-state index contributed by atoms with van der Waals surface area (Å²) >= 11 is 0. The normalized spacial score (nSPS) is 14.8. The van der Waals surface area contributed by atoms with Crippen LogP contribution in [-0.2, 0) is 5.60 Å². The fourth-order valence-electron chi connectivity index (χ4n) is 3.45. The van der Waals surface area contributed by atoms with Crippen LogP contribution in [0.25, 0.3) is 0 Å². The Kier molecular flexibility index (Phi) is 5.07. The van der Waals surface area contributed by atoms with Gasteiger partial charge >= 0.3 is 0 Å². The minimum absolute atomic E-state index is 0.206. The summed E-state index contributed by atoms with van der Waals surface area (Å²) in [5.74, 6) is -0.206. The molecule has 0 aliphatic carbocycles. The Morgan fingerprint density at radius 3 is 2.08 bits per heavy atom. The zero-order valence-electron chi connectivity index (χ0n) is 14.0. The van der Waals surface area contributed by atoms with E-state index in [2.05, 4.69) is 24.0 Å². The highest BCUT2D eigenvalue weighted by Gasteiger charge is 2.40. The van der Waals surface area contributed by atoms with E-state index in [0.29, 0.717) is 6.42 Å². The van der Waals surface area contributed by atoms with Gasteiger partial charge in [0, 0.05) is 6.20 Å². The van der Waals surface area contributed by atoms with Crippen molar-refractivity contribution < 1.29 is 5.11 Å². The lowest BCUT2D eigenvalue weighted by Gasteiger charge is -2.37. The number of hydrogen-bond acceptors (Lipinski definition) is 2. The maximum atomic E-state index is 11.8. The van der Waals surface area contributed by atoms with Crippen molar-refractivity contribution in [2.24, 2.45) is 0 Å². The van der Waals surface area contributed by atoms with E-state index >= 15 is 0 Å². The second kappa shape index (κ2) is 7.41. The van der Waals surface area contributed by atoms with Crippen molar-refractivity contribution in [2.45, 2.75) is 31.3 Å². The molecule has 0 saturated carbocycles. The smallest absolute Gasteiger partial charge is 0.102 e. The van der Waals surface area contributed by atoms with Crippen LogP contribution in [0.5, 0.6) is 0 Å². The average molecular weight is 317 g/mol. The van der Waals surface area contributed by atoms with Crippen LogP contribution in [0.2, 0.25) is 0 Å². The second-order valence-electron chi connectivity index (χ2n) is 6.14. The Morgan fingerprint density at radius 1 is 0.875 bits per heavy atom. The predicted octanol–water partition coefficient (Wildman–Crippen LogP) is 4.90. The van der Waals surface area contributed by atoms with Crippen LogP contribution < -0.4 is 0 Å². The topological polar surface area (TPSA) is 33.1 Å². The van der Waals surface area contributed by atoms with Crippen LogP contribution in [0, 0.1) is 0 Å². The van der Waals surface area contributed by atoms with Crippen molar-refractivity contribution in [1.82, 2.24) is 4.98 Å². The Hall–Kier alpha value is -2.45. The van der Waals surface area contributed by atoms with Crippen molar-refractivity contribution >= 4 is 0 Å². The molecular weight excluding hydrogens is 294 g/mol. The molecule has 2 aromatic carbocycles. The summed E-state index contributed by atoms with van der Waals surface area (Å²) < 4.78 is 0. The van der Waals surface area contributed by atoms with Crippen LogP contribution in [0.15, 0.2) is 85.1 Å². The van der Waals surface area contributed by atoms with Gasteiger partial charge in [0.25, 0.3) is 0 Å². The van der Waals surface area contributed by atoms with E-state index < -0.39 is 5.60 Å². The summed E-state index contributed by atoms with van der Waals surface area (Å²) in [6.07, 6.45) is 3.36. The molecule has 122 valence electrons. The van der Waals surface area contributed by atoms with E-state index in [1.165, 1.54) is 0 Å². The van der Waals surface area contributed by atoms with Crippen molar-refractivity contribution in [2.75, 3.05) is 0 Å². The SMILES string of the molecule is CCC[C@@](O)(c1ccccc1)[C@@H](c1ccccc1)c1ccccn1. The Labute approximate surface area is 143 Å². The van der Waals surface area contributed by atoms with E-state index in [9.17, 15) is 5.11 Å². The summed E-state index contributed by atoms with van der Waals surface area (Å²) in [6, 6.07) is 26.0. The first-order valence-corrected chi connectivity index (χ1v) is 8.49. The first-order valence-electron chi connectivity index (χ1n) is 8.49. The lowest BCUT2D eigenvalue weighted by atomic mass is 9.73. The first kappa shape index (κ1) is 16.4. The van der Waals surface area contributed by atoms with Crippen LogP contribution in [0.1, 0.15) is 42.5 Å². The molecule has 0 spiro atoms. The quantitative estimate of drug-likeness (QED) is 0.701. The molecule has 3 rings (SSSR count). The molecule has 0 aliphatic heterocycles. The van der Waals surface area contributed by atoms with Crippen LogP contribution >= 0.6 is 0 Å². The van der Waals surface area contributed by atoms with Gasteiger partial charge in [-0.15, -0.1) is 0 Å². The van der Waals surface area contributed by atoms with Gasteiger partial charge in [0.05, 0.1) is 11.6 Å². The summed E-state index contributed by atoms with van der Waals surface area (Å²) in [7, 11) is 0.